The maximum Gasteiger partial charge on any atom is 0.294 e. The molecule has 2 aliphatic rings. The molecule has 0 bridgehead atoms. The summed E-state index contributed by atoms with van der Waals surface area (Å²) in [5, 5.41) is 2.15. The van der Waals surface area contributed by atoms with Gasteiger partial charge in [0.2, 0.25) is 5.91 Å². The Bertz CT molecular complexity index is 1180. The average Bonchev–Trinajstić information content (AvgIpc) is 3.49. The largest absolute Gasteiger partial charge is 0.490 e. The van der Waals surface area contributed by atoms with Crippen molar-refractivity contribution in [3.63, 3.8) is 0 Å². The number of nitrogens with zero attached hydrogens (tertiary/aromatic N) is 2. The van der Waals surface area contributed by atoms with E-state index in [4.69, 9.17) is 9.47 Å². The number of benzene rings is 2. The van der Waals surface area contributed by atoms with Gasteiger partial charge in [-0.15, -0.1) is 0 Å². The lowest BCUT2D eigenvalue weighted by Crippen LogP contribution is -2.36. The van der Waals surface area contributed by atoms with Gasteiger partial charge in [-0.25, -0.2) is 0 Å². The standard InChI is InChI=1S/C26H27N3O6S/c1-2-34-21-14-18(10-11-20(21)35-17-24(31)28-12-6-7-13-28)15-22-25(32)29(26(33)36-22)16-23(30)27-19-8-4-3-5-9-19/h3-5,8-11,14-15H,2,6-7,12-13,16-17H2,1H3,(H,27,30)/b22-15-. The molecule has 2 aliphatic heterocycles. The average molecular weight is 510 g/mol. The van der Waals surface area contributed by atoms with Gasteiger partial charge in [-0.1, -0.05) is 24.3 Å². The molecule has 188 valence electrons. The molecule has 0 atom stereocenters. The Labute approximate surface area is 213 Å². The molecule has 0 unspecified atom stereocenters. The molecule has 10 heteroatoms. The molecule has 4 amide bonds. The van der Waals surface area contributed by atoms with Crippen LogP contribution in [0.25, 0.3) is 6.08 Å². The summed E-state index contributed by atoms with van der Waals surface area (Å²) in [5.74, 6) is -0.214. The van der Waals surface area contributed by atoms with E-state index >= 15 is 0 Å². The summed E-state index contributed by atoms with van der Waals surface area (Å²) in [7, 11) is 0. The minimum absolute atomic E-state index is 0.0657. The maximum atomic E-state index is 12.8. The molecule has 2 saturated heterocycles. The number of ether oxygens (including phenoxy) is 2. The topological polar surface area (TPSA) is 105 Å². The molecular weight excluding hydrogens is 482 g/mol. The van der Waals surface area contributed by atoms with Crippen LogP contribution in [0.15, 0.2) is 53.4 Å². The molecule has 0 aliphatic carbocycles. The monoisotopic (exact) mass is 509 g/mol. The van der Waals surface area contributed by atoms with Crippen LogP contribution in [0.4, 0.5) is 10.5 Å². The van der Waals surface area contributed by atoms with Crippen LogP contribution in [0.3, 0.4) is 0 Å². The van der Waals surface area contributed by atoms with Crippen LogP contribution >= 0.6 is 11.8 Å². The summed E-state index contributed by atoms with van der Waals surface area (Å²) in [6.07, 6.45) is 3.59. The van der Waals surface area contributed by atoms with Gasteiger partial charge in [0, 0.05) is 18.8 Å². The van der Waals surface area contributed by atoms with Gasteiger partial charge in [-0.05, 0) is 67.4 Å². The molecule has 1 N–H and O–H groups in total. The van der Waals surface area contributed by atoms with Crippen LogP contribution in [0.2, 0.25) is 0 Å². The third kappa shape index (κ3) is 6.25. The highest BCUT2D eigenvalue weighted by atomic mass is 32.2. The normalized spacial score (nSPS) is 16.5. The molecular formula is C26H27N3O6S. The highest BCUT2D eigenvalue weighted by Crippen LogP contribution is 2.34. The van der Waals surface area contributed by atoms with E-state index in [1.165, 1.54) is 0 Å². The number of hydrogen-bond donors (Lipinski definition) is 1. The first-order chi connectivity index (χ1) is 17.4. The van der Waals surface area contributed by atoms with Gasteiger partial charge < -0.3 is 19.7 Å². The summed E-state index contributed by atoms with van der Waals surface area (Å²) in [6.45, 7) is 3.26. The number of carbonyl (C=O) groups excluding carboxylic acids is 4. The van der Waals surface area contributed by atoms with Gasteiger partial charge in [0.1, 0.15) is 6.54 Å². The molecule has 2 fully saturated rings. The minimum Gasteiger partial charge on any atom is -0.490 e. The lowest BCUT2D eigenvalue weighted by atomic mass is 10.2. The molecule has 2 aromatic carbocycles. The van der Waals surface area contributed by atoms with Crippen LogP contribution < -0.4 is 14.8 Å². The Morgan fingerprint density at radius 1 is 1.03 bits per heavy atom. The lowest BCUT2D eigenvalue weighted by Gasteiger charge is -2.17. The molecule has 36 heavy (non-hydrogen) atoms. The van der Waals surface area contributed by atoms with Crippen molar-refractivity contribution in [2.75, 3.05) is 38.2 Å². The van der Waals surface area contributed by atoms with Crippen LogP contribution in [0.1, 0.15) is 25.3 Å². The second-order valence-electron chi connectivity index (χ2n) is 8.20. The van der Waals surface area contributed by atoms with Crippen molar-refractivity contribution in [1.82, 2.24) is 9.80 Å². The van der Waals surface area contributed by atoms with Gasteiger partial charge in [0.25, 0.3) is 17.1 Å². The van der Waals surface area contributed by atoms with E-state index in [0.717, 1.165) is 42.6 Å². The number of nitrogens with one attached hydrogen (secondary N) is 1. The molecule has 0 radical (unpaired) electrons. The first-order valence-corrected chi connectivity index (χ1v) is 12.5. The summed E-state index contributed by atoms with van der Waals surface area (Å²) in [4.78, 5) is 52.8. The predicted molar refractivity (Wildman–Crippen MR) is 137 cm³/mol. The van der Waals surface area contributed by atoms with Crippen molar-refractivity contribution in [3.05, 3.63) is 59.0 Å². The first kappa shape index (κ1) is 25.3. The van der Waals surface area contributed by atoms with Crippen LogP contribution in [0.5, 0.6) is 11.5 Å². The number of thioether (sulfide) groups is 1. The van der Waals surface area contributed by atoms with Gasteiger partial charge in [-0.2, -0.15) is 0 Å². The molecule has 2 heterocycles. The van der Waals surface area contributed by atoms with Crippen molar-refractivity contribution >= 4 is 46.5 Å². The van der Waals surface area contributed by atoms with Crippen molar-refractivity contribution in [2.45, 2.75) is 19.8 Å². The maximum absolute atomic E-state index is 12.8. The first-order valence-electron chi connectivity index (χ1n) is 11.7. The fraction of sp³-hybridized carbons (Fsp3) is 0.308. The van der Waals surface area contributed by atoms with Gasteiger partial charge in [-0.3, -0.25) is 24.1 Å². The van der Waals surface area contributed by atoms with E-state index in [0.29, 0.717) is 29.4 Å². The SMILES string of the molecule is CCOc1cc(/C=C2\SC(=O)N(CC(=O)Nc3ccccc3)C2=O)ccc1OCC(=O)N1CCCC1. The summed E-state index contributed by atoms with van der Waals surface area (Å²) < 4.78 is 11.4. The summed E-state index contributed by atoms with van der Waals surface area (Å²) in [5.41, 5.74) is 1.20. The molecule has 0 saturated carbocycles. The number of para-hydroxylation sites is 1. The van der Waals surface area contributed by atoms with Crippen molar-refractivity contribution in [1.29, 1.82) is 0 Å². The number of imide groups is 1. The van der Waals surface area contributed by atoms with Crippen LogP contribution in [0, 0.1) is 0 Å². The minimum atomic E-state index is -0.539. The zero-order valence-electron chi connectivity index (χ0n) is 19.9. The number of hydrogen-bond acceptors (Lipinski definition) is 7. The number of anilines is 1. The van der Waals surface area contributed by atoms with Crippen LogP contribution in [-0.4, -0.2) is 65.6 Å². The summed E-state index contributed by atoms with van der Waals surface area (Å²) in [6, 6.07) is 13.9. The van der Waals surface area contributed by atoms with Gasteiger partial charge in [0.05, 0.1) is 11.5 Å². The zero-order valence-corrected chi connectivity index (χ0v) is 20.7. The second kappa shape index (κ2) is 11.8. The molecule has 0 spiro atoms. The van der Waals surface area contributed by atoms with Crippen molar-refractivity contribution in [3.8, 4) is 11.5 Å². The highest BCUT2D eigenvalue weighted by molar-refractivity contribution is 8.18. The van der Waals surface area contributed by atoms with E-state index in [1.807, 2.05) is 13.0 Å². The number of carbonyl (C=O) groups is 4. The molecule has 2 aromatic rings. The van der Waals surface area contributed by atoms with Crippen molar-refractivity contribution in [2.24, 2.45) is 0 Å². The number of amides is 4. The van der Waals surface area contributed by atoms with Gasteiger partial charge in [0.15, 0.2) is 18.1 Å². The highest BCUT2D eigenvalue weighted by Gasteiger charge is 2.36. The smallest absolute Gasteiger partial charge is 0.294 e. The third-order valence-corrected chi connectivity index (χ3v) is 6.52. The fourth-order valence-electron chi connectivity index (χ4n) is 3.85. The molecule has 4 rings (SSSR count). The number of rotatable bonds is 9. The van der Waals surface area contributed by atoms with Crippen molar-refractivity contribution < 1.29 is 28.7 Å². The Morgan fingerprint density at radius 3 is 2.50 bits per heavy atom. The quantitative estimate of drug-likeness (QED) is 0.513. The zero-order chi connectivity index (χ0) is 25.5. The van der Waals surface area contributed by atoms with E-state index in [1.54, 1.807) is 53.4 Å². The van der Waals surface area contributed by atoms with E-state index in [9.17, 15) is 19.2 Å². The summed E-state index contributed by atoms with van der Waals surface area (Å²) >= 11 is 0.773. The van der Waals surface area contributed by atoms with E-state index in [2.05, 4.69) is 5.32 Å². The third-order valence-electron chi connectivity index (χ3n) is 5.61. The van der Waals surface area contributed by atoms with E-state index < -0.39 is 17.1 Å². The van der Waals surface area contributed by atoms with Gasteiger partial charge >= 0.3 is 0 Å². The Kier molecular flexibility index (Phi) is 8.27. The fourth-order valence-corrected chi connectivity index (χ4v) is 4.69. The second-order valence-corrected chi connectivity index (χ2v) is 9.19. The Balaban J connectivity index is 1.42. The lowest BCUT2D eigenvalue weighted by molar-refractivity contribution is -0.132. The molecule has 0 aromatic heterocycles. The van der Waals surface area contributed by atoms with E-state index in [-0.39, 0.29) is 24.0 Å². The Hall–Kier alpha value is -3.79. The Morgan fingerprint density at radius 2 is 1.78 bits per heavy atom. The predicted octanol–water partition coefficient (Wildman–Crippen LogP) is 3.76. The number of likely N-dealkylation sites (tertiary alicyclic amines) is 1. The molecule has 9 nitrogen and oxygen atoms in total. The van der Waals surface area contributed by atoms with Crippen LogP contribution in [-0.2, 0) is 14.4 Å².